The number of piperidine rings is 2. The molecule has 5 atom stereocenters. The molecule has 0 bridgehead atoms. The Morgan fingerprint density at radius 3 is 2.56 bits per heavy atom. The van der Waals surface area contributed by atoms with Crippen molar-refractivity contribution in [2.75, 3.05) is 19.3 Å². The highest BCUT2D eigenvalue weighted by Gasteiger charge is 2.57. The minimum Gasteiger partial charge on any atom is -0.347 e. The van der Waals surface area contributed by atoms with Crippen LogP contribution in [0.1, 0.15) is 50.1 Å². The second-order valence-electron chi connectivity index (χ2n) is 10.1. The van der Waals surface area contributed by atoms with Crippen LogP contribution in [-0.2, 0) is 19.6 Å². The van der Waals surface area contributed by atoms with E-state index in [9.17, 15) is 26.8 Å². The van der Waals surface area contributed by atoms with Gasteiger partial charge in [-0.15, -0.1) is 0 Å². The van der Waals surface area contributed by atoms with Gasteiger partial charge in [0.05, 0.1) is 23.2 Å². The minimum absolute atomic E-state index is 0.000720. The average Bonchev–Trinajstić information content (AvgIpc) is 3.72. The number of likely N-dealkylation sites (tertiary alicyclic amines) is 1. The predicted octanol–water partition coefficient (Wildman–Crippen LogP) is 2.85. The Morgan fingerprint density at radius 1 is 1.15 bits per heavy atom. The van der Waals surface area contributed by atoms with Gasteiger partial charge < -0.3 is 10.2 Å². The molecular weight excluding hydrogens is 488 g/mol. The number of carbonyl (C=O) groups is 2. The molecule has 4 fully saturated rings. The van der Waals surface area contributed by atoms with E-state index in [1.165, 1.54) is 4.31 Å². The van der Waals surface area contributed by atoms with Crippen molar-refractivity contribution in [3.05, 3.63) is 34.4 Å². The lowest BCUT2D eigenvalue weighted by molar-refractivity contribution is -0.144. The molecule has 4 aliphatic rings. The van der Waals surface area contributed by atoms with Crippen molar-refractivity contribution >= 4 is 33.4 Å². The van der Waals surface area contributed by atoms with Crippen molar-refractivity contribution in [1.82, 2.24) is 14.5 Å². The summed E-state index contributed by atoms with van der Waals surface area (Å²) in [5.41, 5.74) is 0.0647. The van der Waals surface area contributed by atoms with E-state index < -0.39 is 39.7 Å². The van der Waals surface area contributed by atoms with E-state index in [2.05, 4.69) is 5.32 Å². The quantitative estimate of drug-likeness (QED) is 0.590. The Morgan fingerprint density at radius 2 is 1.88 bits per heavy atom. The summed E-state index contributed by atoms with van der Waals surface area (Å²) in [6, 6.07) is 0.568. The number of nitrogens with one attached hydrogen (secondary N) is 1. The summed E-state index contributed by atoms with van der Waals surface area (Å²) in [5, 5.41) is 2.58. The number of amides is 2. The van der Waals surface area contributed by atoms with Gasteiger partial charge >= 0.3 is 0 Å². The summed E-state index contributed by atoms with van der Waals surface area (Å²) in [6.45, 7) is 0.519. The normalized spacial score (nSPS) is 30.1. The number of nitrogens with zero attached hydrogens (tertiary/aromatic N) is 2. The summed E-state index contributed by atoms with van der Waals surface area (Å²) in [5.74, 6) is -2.22. The van der Waals surface area contributed by atoms with Crippen LogP contribution in [0.5, 0.6) is 0 Å². The van der Waals surface area contributed by atoms with Crippen molar-refractivity contribution in [1.29, 1.82) is 0 Å². The second kappa shape index (κ2) is 8.71. The molecule has 5 rings (SSSR count). The van der Waals surface area contributed by atoms with Crippen molar-refractivity contribution in [2.45, 2.75) is 56.7 Å². The van der Waals surface area contributed by atoms with Gasteiger partial charge in [-0.3, -0.25) is 9.59 Å². The van der Waals surface area contributed by atoms with Crippen LogP contribution in [0.15, 0.2) is 12.1 Å². The van der Waals surface area contributed by atoms with Crippen molar-refractivity contribution in [2.24, 2.45) is 17.8 Å². The Kier molecular flexibility index (Phi) is 6.13. The molecule has 2 amide bonds. The first-order valence-electron chi connectivity index (χ1n) is 11.8. The summed E-state index contributed by atoms with van der Waals surface area (Å²) < 4.78 is 54.0. The number of sulfonamides is 1. The van der Waals surface area contributed by atoms with Gasteiger partial charge in [0.15, 0.2) is 0 Å². The van der Waals surface area contributed by atoms with Crippen LogP contribution >= 0.6 is 11.6 Å². The maximum Gasteiger partial charge on any atom is 0.243 e. The highest BCUT2D eigenvalue weighted by atomic mass is 35.5. The van der Waals surface area contributed by atoms with E-state index in [0.29, 0.717) is 25.8 Å². The fraction of sp³-hybridized carbons (Fsp3) is 0.652. The molecule has 2 saturated heterocycles. The zero-order chi connectivity index (χ0) is 24.4. The zero-order valence-corrected chi connectivity index (χ0v) is 20.4. The minimum atomic E-state index is -3.40. The first kappa shape index (κ1) is 23.9. The number of halogens is 3. The lowest BCUT2D eigenvalue weighted by Gasteiger charge is -2.35. The second-order valence-corrected chi connectivity index (χ2v) is 12.5. The van der Waals surface area contributed by atoms with Crippen molar-refractivity contribution in [3.63, 3.8) is 0 Å². The molecule has 2 aliphatic carbocycles. The van der Waals surface area contributed by atoms with Crippen LogP contribution in [-0.4, -0.2) is 60.9 Å². The van der Waals surface area contributed by atoms with E-state index in [1.807, 2.05) is 0 Å². The van der Waals surface area contributed by atoms with Gasteiger partial charge in [0.25, 0.3) is 0 Å². The van der Waals surface area contributed by atoms with Gasteiger partial charge in [-0.1, -0.05) is 11.6 Å². The first-order valence-corrected chi connectivity index (χ1v) is 14.0. The Bertz CT molecular complexity index is 1130. The summed E-state index contributed by atoms with van der Waals surface area (Å²) in [7, 11) is -3.40. The van der Waals surface area contributed by atoms with E-state index in [1.54, 1.807) is 4.90 Å². The molecule has 11 heteroatoms. The van der Waals surface area contributed by atoms with Crippen LogP contribution in [0.4, 0.5) is 8.78 Å². The van der Waals surface area contributed by atoms with Gasteiger partial charge in [0.1, 0.15) is 17.7 Å². The first-order chi connectivity index (χ1) is 16.0. The zero-order valence-electron chi connectivity index (χ0n) is 18.8. The number of hydrogen-bond acceptors (Lipinski definition) is 4. The highest BCUT2D eigenvalue weighted by molar-refractivity contribution is 7.88. The molecule has 2 aliphatic heterocycles. The molecule has 34 heavy (non-hydrogen) atoms. The van der Waals surface area contributed by atoms with Gasteiger partial charge in [-0.2, -0.15) is 0 Å². The van der Waals surface area contributed by atoms with E-state index in [4.69, 9.17) is 11.6 Å². The monoisotopic (exact) mass is 515 g/mol. The van der Waals surface area contributed by atoms with Gasteiger partial charge in [-0.25, -0.2) is 21.5 Å². The molecular formula is C23H28ClF2N3O4S. The third-order valence-electron chi connectivity index (χ3n) is 7.63. The third kappa shape index (κ3) is 4.56. The molecule has 186 valence electrons. The van der Waals surface area contributed by atoms with Crippen molar-refractivity contribution < 1.29 is 26.8 Å². The van der Waals surface area contributed by atoms with Gasteiger partial charge in [0, 0.05) is 24.7 Å². The topological polar surface area (TPSA) is 86.8 Å². The number of benzene rings is 1. The van der Waals surface area contributed by atoms with Crippen LogP contribution in [0.3, 0.4) is 0 Å². The molecule has 2 heterocycles. The van der Waals surface area contributed by atoms with E-state index in [0.717, 1.165) is 37.7 Å². The summed E-state index contributed by atoms with van der Waals surface area (Å²) >= 11 is 5.69. The number of rotatable bonds is 6. The SMILES string of the molecule is CS(=O)(=O)N1CCC[C@H](C(=O)N2[C@@H](C(=O)NC(c3cc(F)c(Cl)cc3F)C3CC3)C[C@H]3C[C@H]32)C1. The van der Waals surface area contributed by atoms with E-state index >= 15 is 0 Å². The largest absolute Gasteiger partial charge is 0.347 e. The molecule has 1 aromatic rings. The highest BCUT2D eigenvalue weighted by Crippen LogP contribution is 2.49. The summed E-state index contributed by atoms with van der Waals surface area (Å²) in [6.07, 6.45) is 5.24. The molecule has 0 radical (unpaired) electrons. The smallest absolute Gasteiger partial charge is 0.243 e. The Balaban J connectivity index is 1.33. The average molecular weight is 516 g/mol. The number of carbonyl (C=O) groups excluding carboxylic acids is 2. The summed E-state index contributed by atoms with van der Waals surface area (Å²) in [4.78, 5) is 28.5. The molecule has 7 nitrogen and oxygen atoms in total. The van der Waals surface area contributed by atoms with Crippen LogP contribution in [0.25, 0.3) is 0 Å². The standard InChI is InChI=1S/C23H28ClF2N3O4S/c1-34(32,33)28-6-2-3-13(11-28)23(31)29-19-7-14(19)8-20(29)22(30)27-21(12-4-5-12)15-9-18(26)16(24)10-17(15)25/h9-10,12-14,19-21H,2-8,11H2,1H3,(H,27,30)/t13-,14+,19+,20+,21?/m0/s1. The molecule has 1 aromatic carbocycles. The fourth-order valence-electron chi connectivity index (χ4n) is 5.57. The molecule has 1 unspecified atom stereocenters. The molecule has 2 saturated carbocycles. The number of fused-ring (bicyclic) bond motifs is 1. The van der Waals surface area contributed by atoms with Gasteiger partial charge in [0.2, 0.25) is 21.8 Å². The lowest BCUT2D eigenvalue weighted by Crippen LogP contribution is -2.53. The number of hydrogen-bond donors (Lipinski definition) is 1. The Hall–Kier alpha value is -1.78. The third-order valence-corrected chi connectivity index (χ3v) is 9.19. The van der Waals surface area contributed by atoms with Crippen LogP contribution in [0.2, 0.25) is 5.02 Å². The van der Waals surface area contributed by atoms with Gasteiger partial charge in [-0.05, 0) is 62.5 Å². The molecule has 1 N–H and O–H groups in total. The lowest BCUT2D eigenvalue weighted by atomic mass is 9.96. The maximum atomic E-state index is 14.6. The molecule has 0 aromatic heterocycles. The van der Waals surface area contributed by atoms with Crippen LogP contribution < -0.4 is 5.32 Å². The maximum absolute atomic E-state index is 14.6. The molecule has 0 spiro atoms. The van der Waals surface area contributed by atoms with E-state index in [-0.39, 0.29) is 46.8 Å². The van der Waals surface area contributed by atoms with Crippen molar-refractivity contribution in [3.8, 4) is 0 Å². The van der Waals surface area contributed by atoms with Crippen LogP contribution in [0, 0.1) is 29.4 Å². The Labute approximate surface area is 202 Å². The fourth-order valence-corrected chi connectivity index (χ4v) is 6.63. The predicted molar refractivity (Wildman–Crippen MR) is 121 cm³/mol.